The van der Waals surface area contributed by atoms with Gasteiger partial charge in [-0.1, -0.05) is 13.8 Å². The Morgan fingerprint density at radius 3 is 2.68 bits per heavy atom. The average Bonchev–Trinajstić information content (AvgIpc) is 2.72. The number of aliphatic imine (C=N–C) groups is 2. The summed E-state index contributed by atoms with van der Waals surface area (Å²) in [5.41, 5.74) is 0. The third-order valence-electron chi connectivity index (χ3n) is 3.08. The zero-order valence-electron chi connectivity index (χ0n) is 11.5. The van der Waals surface area contributed by atoms with E-state index in [1.807, 2.05) is 18.7 Å². The Kier molecular flexibility index (Phi) is 3.55. The lowest BCUT2D eigenvalue weighted by atomic mass is 10.1. The Morgan fingerprint density at radius 2 is 2.11 bits per heavy atom. The molecule has 0 spiro atoms. The van der Waals surface area contributed by atoms with Gasteiger partial charge in [0, 0.05) is 12.0 Å². The summed E-state index contributed by atoms with van der Waals surface area (Å²) in [4.78, 5) is 34.0. The molecule has 0 bridgehead atoms. The van der Waals surface area contributed by atoms with E-state index < -0.39 is 6.04 Å². The first kappa shape index (κ1) is 13.5. The Balaban J connectivity index is 2.17. The van der Waals surface area contributed by atoms with Gasteiger partial charge in [-0.05, 0) is 13.8 Å². The molecule has 2 amide bonds. The second-order valence-electron chi connectivity index (χ2n) is 5.27. The van der Waals surface area contributed by atoms with Crippen LogP contribution in [0.25, 0.3) is 0 Å². The van der Waals surface area contributed by atoms with Gasteiger partial charge >= 0.3 is 0 Å². The normalized spacial score (nSPS) is 25.5. The number of nitrogens with zero attached hydrogens (tertiary/aromatic N) is 3. The quantitative estimate of drug-likeness (QED) is 0.718. The average molecular weight is 265 g/mol. The first-order valence-corrected chi connectivity index (χ1v) is 6.40. The highest BCUT2D eigenvalue weighted by atomic mass is 16.2. The van der Waals surface area contributed by atoms with Crippen molar-refractivity contribution < 1.29 is 9.59 Å². The fraction of sp³-hybridized carbons (Fsp3) is 0.667. The van der Waals surface area contributed by atoms with Crippen LogP contribution in [0.1, 0.15) is 27.7 Å². The molecule has 2 atom stereocenters. The van der Waals surface area contributed by atoms with E-state index in [1.54, 1.807) is 20.2 Å². The minimum atomic E-state index is -0.526. The Bertz CT molecular complexity index is 455. The van der Waals surface area contributed by atoms with Crippen LogP contribution < -0.4 is 10.6 Å². The van der Waals surface area contributed by atoms with Crippen LogP contribution in [0.4, 0.5) is 0 Å². The molecule has 0 aliphatic carbocycles. The van der Waals surface area contributed by atoms with Gasteiger partial charge in [0.2, 0.25) is 11.9 Å². The van der Waals surface area contributed by atoms with Crippen LogP contribution in [-0.2, 0) is 9.59 Å². The Hall–Kier alpha value is -1.92. The summed E-state index contributed by atoms with van der Waals surface area (Å²) >= 11 is 0. The van der Waals surface area contributed by atoms with Gasteiger partial charge in [0.15, 0.2) is 12.2 Å². The summed E-state index contributed by atoms with van der Waals surface area (Å²) in [5.74, 6) is -0.370. The number of hydrogen-bond donors (Lipinski definition) is 2. The molecule has 2 N–H and O–H groups in total. The van der Waals surface area contributed by atoms with Gasteiger partial charge in [-0.25, -0.2) is 4.99 Å². The number of nitrogens with one attached hydrogen (secondary N) is 2. The van der Waals surface area contributed by atoms with Crippen LogP contribution in [0.3, 0.4) is 0 Å². The van der Waals surface area contributed by atoms with Gasteiger partial charge in [0.25, 0.3) is 5.91 Å². The van der Waals surface area contributed by atoms with E-state index in [-0.39, 0.29) is 35.9 Å². The van der Waals surface area contributed by atoms with Crippen LogP contribution in [0, 0.1) is 5.92 Å². The lowest BCUT2D eigenvalue weighted by Gasteiger charge is -2.31. The van der Waals surface area contributed by atoms with Gasteiger partial charge in [-0.3, -0.25) is 25.2 Å². The molecule has 2 heterocycles. The van der Waals surface area contributed by atoms with Crippen molar-refractivity contribution in [1.29, 1.82) is 0 Å². The maximum absolute atomic E-state index is 11.9. The minimum Gasteiger partial charge on any atom is -0.336 e. The van der Waals surface area contributed by atoms with Crippen molar-refractivity contribution in [1.82, 2.24) is 15.5 Å². The van der Waals surface area contributed by atoms with Gasteiger partial charge < -0.3 is 4.90 Å². The highest BCUT2D eigenvalue weighted by molar-refractivity contribution is 6.08. The van der Waals surface area contributed by atoms with E-state index in [0.29, 0.717) is 0 Å². The van der Waals surface area contributed by atoms with Crippen LogP contribution in [-0.4, -0.2) is 47.3 Å². The Morgan fingerprint density at radius 1 is 1.42 bits per heavy atom. The molecule has 2 rings (SSSR count). The second kappa shape index (κ2) is 4.99. The maximum Gasteiger partial charge on any atom is 0.255 e. The molecule has 0 saturated carbocycles. The third-order valence-corrected chi connectivity index (χ3v) is 3.08. The highest BCUT2D eigenvalue weighted by Gasteiger charge is 2.40. The van der Waals surface area contributed by atoms with Crippen LogP contribution >= 0.6 is 0 Å². The summed E-state index contributed by atoms with van der Waals surface area (Å²) in [5, 5.41) is 5.19. The zero-order chi connectivity index (χ0) is 14.2. The van der Waals surface area contributed by atoms with Gasteiger partial charge in [-0.15, -0.1) is 0 Å². The standard InChI is InChI=1S/C12H19N5O2/c1-6(2)10(18)15-12-14-9-8(11(19)16-12)13-5-17(9)7(3)4/h5-9H,1-4H3,(H2,14,15,16,18,19). The van der Waals surface area contributed by atoms with Crippen molar-refractivity contribution in [2.24, 2.45) is 15.9 Å². The molecule has 0 aromatic rings. The fourth-order valence-corrected chi connectivity index (χ4v) is 1.92. The molecule has 19 heavy (non-hydrogen) atoms. The van der Waals surface area contributed by atoms with Gasteiger partial charge in [0.1, 0.15) is 0 Å². The summed E-state index contributed by atoms with van der Waals surface area (Å²) in [6.07, 6.45) is 1.28. The molecule has 2 unspecified atom stereocenters. The van der Waals surface area contributed by atoms with E-state index in [9.17, 15) is 9.59 Å². The fourth-order valence-electron chi connectivity index (χ4n) is 1.92. The number of carbonyl (C=O) groups is 2. The lowest BCUT2D eigenvalue weighted by Crippen LogP contribution is -2.57. The van der Waals surface area contributed by atoms with Crippen molar-refractivity contribution in [3.8, 4) is 0 Å². The lowest BCUT2D eigenvalue weighted by molar-refractivity contribution is -0.123. The summed E-state index contributed by atoms with van der Waals surface area (Å²) in [7, 11) is 0. The number of fused-ring (bicyclic) bond motifs is 1. The largest absolute Gasteiger partial charge is 0.336 e. The zero-order valence-corrected chi connectivity index (χ0v) is 11.5. The molecule has 104 valence electrons. The molecule has 0 fully saturated rings. The molecule has 0 saturated heterocycles. The molecule has 0 aromatic carbocycles. The van der Waals surface area contributed by atoms with Crippen molar-refractivity contribution in [2.45, 2.75) is 45.9 Å². The van der Waals surface area contributed by atoms with Crippen molar-refractivity contribution >= 4 is 24.1 Å². The van der Waals surface area contributed by atoms with E-state index >= 15 is 0 Å². The third kappa shape index (κ3) is 2.59. The Labute approximate surface area is 112 Å². The summed E-state index contributed by atoms with van der Waals surface area (Å²) in [6.45, 7) is 7.57. The summed E-state index contributed by atoms with van der Waals surface area (Å²) in [6, 6.07) is -0.336. The number of carbonyl (C=O) groups excluding carboxylic acids is 2. The first-order valence-electron chi connectivity index (χ1n) is 6.40. The molecular weight excluding hydrogens is 246 g/mol. The molecule has 7 nitrogen and oxygen atoms in total. The number of hydrogen-bond acceptors (Lipinski definition) is 5. The SMILES string of the molecule is CC(C)C(=O)NC1=NC2C(N=CN2C(C)C)C(=O)N1. The van der Waals surface area contributed by atoms with E-state index in [1.165, 1.54) is 0 Å². The van der Waals surface area contributed by atoms with Crippen LogP contribution in [0.15, 0.2) is 9.98 Å². The van der Waals surface area contributed by atoms with Crippen molar-refractivity contribution in [2.75, 3.05) is 0 Å². The number of amides is 2. The van der Waals surface area contributed by atoms with Gasteiger partial charge in [-0.2, -0.15) is 0 Å². The predicted octanol–water partition coefficient (Wildman–Crippen LogP) is -0.309. The predicted molar refractivity (Wildman–Crippen MR) is 71.6 cm³/mol. The first-order chi connectivity index (χ1) is 8.90. The number of rotatable bonds is 2. The summed E-state index contributed by atoms with van der Waals surface area (Å²) < 4.78 is 0. The van der Waals surface area contributed by atoms with E-state index in [2.05, 4.69) is 20.6 Å². The number of guanidine groups is 1. The van der Waals surface area contributed by atoms with Crippen LogP contribution in [0.5, 0.6) is 0 Å². The molecule has 0 aromatic heterocycles. The smallest absolute Gasteiger partial charge is 0.255 e. The van der Waals surface area contributed by atoms with Crippen molar-refractivity contribution in [3.63, 3.8) is 0 Å². The highest BCUT2D eigenvalue weighted by Crippen LogP contribution is 2.20. The topological polar surface area (TPSA) is 86.2 Å². The van der Waals surface area contributed by atoms with Crippen molar-refractivity contribution in [3.05, 3.63) is 0 Å². The molecule has 0 radical (unpaired) electrons. The van der Waals surface area contributed by atoms with Gasteiger partial charge in [0.05, 0.1) is 6.34 Å². The van der Waals surface area contributed by atoms with E-state index in [4.69, 9.17) is 0 Å². The monoisotopic (exact) mass is 265 g/mol. The second-order valence-corrected chi connectivity index (χ2v) is 5.27. The van der Waals surface area contributed by atoms with Crippen LogP contribution in [0.2, 0.25) is 0 Å². The molecular formula is C12H19N5O2. The molecule has 7 heteroatoms. The minimum absolute atomic E-state index is 0.168. The maximum atomic E-state index is 11.9. The van der Waals surface area contributed by atoms with E-state index in [0.717, 1.165) is 0 Å². The molecule has 2 aliphatic heterocycles. The molecule has 2 aliphatic rings.